The number of anilines is 1. The molecule has 1 aliphatic heterocycles. The molecule has 28 heavy (non-hydrogen) atoms. The zero-order valence-corrected chi connectivity index (χ0v) is 16.5. The number of H-pyrrole nitrogens is 1. The monoisotopic (exact) mass is 382 g/mol. The lowest BCUT2D eigenvalue weighted by atomic mass is 10.0. The summed E-state index contributed by atoms with van der Waals surface area (Å²) in [6.07, 6.45) is 1.37. The van der Waals surface area contributed by atoms with Crippen LogP contribution in [0.3, 0.4) is 0 Å². The molecular formula is C21H26N4O3. The molecule has 0 bridgehead atoms. The second-order valence-corrected chi connectivity index (χ2v) is 7.21. The Kier molecular flexibility index (Phi) is 5.82. The van der Waals surface area contributed by atoms with Crippen molar-refractivity contribution in [3.63, 3.8) is 0 Å². The van der Waals surface area contributed by atoms with E-state index in [4.69, 9.17) is 0 Å². The number of nitrogens with one attached hydrogen (secondary N) is 3. The van der Waals surface area contributed by atoms with Crippen LogP contribution in [0.25, 0.3) is 0 Å². The first-order valence-electron chi connectivity index (χ1n) is 9.48. The van der Waals surface area contributed by atoms with Gasteiger partial charge in [0.25, 0.3) is 5.91 Å². The van der Waals surface area contributed by atoms with E-state index in [0.717, 1.165) is 5.69 Å². The number of carbonyl (C=O) groups excluding carboxylic acids is 3. The number of amides is 3. The van der Waals surface area contributed by atoms with E-state index in [1.54, 1.807) is 18.7 Å². The zero-order chi connectivity index (χ0) is 20.3. The van der Waals surface area contributed by atoms with Crippen molar-refractivity contribution in [2.75, 3.05) is 18.4 Å². The molecule has 2 heterocycles. The van der Waals surface area contributed by atoms with Gasteiger partial charge in [-0.05, 0) is 51.3 Å². The van der Waals surface area contributed by atoms with E-state index >= 15 is 0 Å². The Hall–Kier alpha value is -3.09. The van der Waals surface area contributed by atoms with Crippen molar-refractivity contribution in [3.8, 4) is 0 Å². The van der Waals surface area contributed by atoms with Gasteiger partial charge in [0.1, 0.15) is 5.69 Å². The average molecular weight is 382 g/mol. The molecule has 2 aromatic rings. The summed E-state index contributed by atoms with van der Waals surface area (Å²) in [5.74, 6) is -0.261. The Labute approximate surface area is 164 Å². The predicted molar refractivity (Wildman–Crippen MR) is 108 cm³/mol. The summed E-state index contributed by atoms with van der Waals surface area (Å²) < 4.78 is 0. The number of hydrogen-bond acceptors (Lipinski definition) is 3. The van der Waals surface area contributed by atoms with Gasteiger partial charge in [0.05, 0.1) is 0 Å². The van der Waals surface area contributed by atoms with Gasteiger partial charge < -0.3 is 20.5 Å². The minimum absolute atomic E-state index is 0.00272. The highest BCUT2D eigenvalue weighted by atomic mass is 16.2. The fraction of sp³-hybridized carbons (Fsp3) is 0.381. The first-order valence-corrected chi connectivity index (χ1v) is 9.48. The number of aromatic amines is 1. The highest BCUT2D eigenvalue weighted by Gasteiger charge is 2.26. The Morgan fingerprint density at radius 1 is 1.07 bits per heavy atom. The quantitative estimate of drug-likeness (QED) is 0.709. The van der Waals surface area contributed by atoms with E-state index in [0.29, 0.717) is 48.4 Å². The molecule has 0 unspecified atom stereocenters. The number of aromatic nitrogens is 1. The number of carbonyl (C=O) groups is 3. The number of aryl methyl sites for hydroxylation is 1. The minimum Gasteiger partial charge on any atom is -0.354 e. The summed E-state index contributed by atoms with van der Waals surface area (Å²) in [5.41, 5.74) is 3.18. The molecule has 0 radical (unpaired) electrons. The fourth-order valence-electron chi connectivity index (χ4n) is 3.71. The maximum atomic E-state index is 12.6. The van der Waals surface area contributed by atoms with E-state index in [-0.39, 0.29) is 23.8 Å². The largest absolute Gasteiger partial charge is 0.354 e. The summed E-state index contributed by atoms with van der Waals surface area (Å²) in [6.45, 7) is 6.23. The van der Waals surface area contributed by atoms with Crippen LogP contribution in [-0.2, 0) is 0 Å². The Balaban J connectivity index is 1.54. The van der Waals surface area contributed by atoms with Gasteiger partial charge in [0.2, 0.25) is 0 Å². The lowest BCUT2D eigenvalue weighted by Crippen LogP contribution is -2.47. The van der Waals surface area contributed by atoms with E-state index in [1.165, 1.54) is 6.92 Å². The van der Waals surface area contributed by atoms with Gasteiger partial charge >= 0.3 is 6.03 Å². The second-order valence-electron chi connectivity index (χ2n) is 7.21. The Bertz CT molecular complexity index is 881. The third-order valence-electron chi connectivity index (χ3n) is 5.16. The van der Waals surface area contributed by atoms with Crippen LogP contribution in [0.15, 0.2) is 30.3 Å². The van der Waals surface area contributed by atoms with Gasteiger partial charge in [-0.1, -0.05) is 18.2 Å². The van der Waals surface area contributed by atoms with Crippen molar-refractivity contribution >= 4 is 23.4 Å². The zero-order valence-electron chi connectivity index (χ0n) is 16.5. The number of benzene rings is 1. The topological polar surface area (TPSA) is 94.3 Å². The number of ketones is 1. The number of nitrogens with zero attached hydrogens (tertiary/aromatic N) is 1. The van der Waals surface area contributed by atoms with Crippen LogP contribution < -0.4 is 10.6 Å². The van der Waals surface area contributed by atoms with E-state index < -0.39 is 0 Å². The number of likely N-dealkylation sites (tertiary alicyclic amines) is 1. The molecule has 1 saturated heterocycles. The van der Waals surface area contributed by atoms with Crippen LogP contribution >= 0.6 is 0 Å². The molecule has 1 aromatic carbocycles. The molecule has 0 aliphatic carbocycles. The Morgan fingerprint density at radius 2 is 1.71 bits per heavy atom. The number of Topliss-reactive ketones (excluding diaryl/α,β-unsaturated/α-hetero) is 1. The number of urea groups is 1. The number of rotatable bonds is 4. The molecule has 148 valence electrons. The van der Waals surface area contributed by atoms with Crippen LogP contribution in [0.2, 0.25) is 0 Å². The fourth-order valence-corrected chi connectivity index (χ4v) is 3.71. The van der Waals surface area contributed by atoms with E-state index in [1.807, 2.05) is 30.3 Å². The van der Waals surface area contributed by atoms with Gasteiger partial charge in [-0.15, -0.1) is 0 Å². The molecule has 1 fully saturated rings. The molecule has 0 spiro atoms. The molecule has 0 saturated carbocycles. The lowest BCUT2D eigenvalue weighted by Gasteiger charge is -2.32. The molecule has 0 atom stereocenters. The molecular weight excluding hydrogens is 356 g/mol. The highest BCUT2D eigenvalue weighted by Crippen LogP contribution is 2.19. The maximum absolute atomic E-state index is 12.6. The third-order valence-corrected chi connectivity index (χ3v) is 5.16. The summed E-state index contributed by atoms with van der Waals surface area (Å²) >= 11 is 0. The molecule has 7 nitrogen and oxygen atoms in total. The van der Waals surface area contributed by atoms with Crippen LogP contribution in [-0.4, -0.2) is 46.7 Å². The first-order chi connectivity index (χ1) is 13.4. The standard InChI is InChI=1S/C21H26N4O3/c1-13-18(15(3)26)14(2)22-19(13)20(27)23-17-9-11-25(12-10-17)21(28)24-16-7-5-4-6-8-16/h4-8,17,22H,9-12H2,1-3H3,(H,23,27)(H,24,28). The smallest absolute Gasteiger partial charge is 0.321 e. The lowest BCUT2D eigenvalue weighted by molar-refractivity contribution is 0.0914. The number of piperidine rings is 1. The van der Waals surface area contributed by atoms with Crippen LogP contribution in [0.1, 0.15) is 51.9 Å². The molecule has 1 aromatic heterocycles. The van der Waals surface area contributed by atoms with Gasteiger partial charge in [0, 0.05) is 36.1 Å². The SMILES string of the molecule is CC(=O)c1c(C)[nH]c(C(=O)NC2CCN(C(=O)Nc3ccccc3)CC2)c1C. The van der Waals surface area contributed by atoms with E-state index in [2.05, 4.69) is 15.6 Å². The van der Waals surface area contributed by atoms with Crippen molar-refractivity contribution in [1.29, 1.82) is 0 Å². The Morgan fingerprint density at radius 3 is 2.29 bits per heavy atom. The van der Waals surface area contributed by atoms with Gasteiger partial charge in [-0.3, -0.25) is 9.59 Å². The van der Waals surface area contributed by atoms with Crippen molar-refractivity contribution in [2.45, 2.75) is 39.7 Å². The normalized spacial score (nSPS) is 14.6. The highest BCUT2D eigenvalue weighted by molar-refractivity contribution is 6.02. The minimum atomic E-state index is -0.208. The van der Waals surface area contributed by atoms with Gasteiger partial charge in [-0.2, -0.15) is 0 Å². The first kappa shape index (κ1) is 19.7. The third kappa shape index (κ3) is 4.24. The van der Waals surface area contributed by atoms with Crippen LogP contribution in [0, 0.1) is 13.8 Å². The predicted octanol–water partition coefficient (Wildman–Crippen LogP) is 3.26. The second kappa shape index (κ2) is 8.29. The molecule has 7 heteroatoms. The molecule has 3 rings (SSSR count). The molecule has 3 N–H and O–H groups in total. The van der Waals surface area contributed by atoms with Gasteiger partial charge in [-0.25, -0.2) is 4.79 Å². The average Bonchev–Trinajstić information content (AvgIpc) is 2.97. The van der Waals surface area contributed by atoms with E-state index in [9.17, 15) is 14.4 Å². The van der Waals surface area contributed by atoms with Crippen LogP contribution in [0.5, 0.6) is 0 Å². The van der Waals surface area contributed by atoms with Crippen molar-refractivity contribution < 1.29 is 14.4 Å². The number of hydrogen-bond donors (Lipinski definition) is 3. The van der Waals surface area contributed by atoms with Crippen molar-refractivity contribution in [3.05, 3.63) is 52.8 Å². The molecule has 1 aliphatic rings. The maximum Gasteiger partial charge on any atom is 0.321 e. The summed E-state index contributed by atoms with van der Waals surface area (Å²) in [7, 11) is 0. The summed E-state index contributed by atoms with van der Waals surface area (Å²) in [6, 6.07) is 9.21. The van der Waals surface area contributed by atoms with Crippen LogP contribution in [0.4, 0.5) is 10.5 Å². The van der Waals surface area contributed by atoms with Crippen molar-refractivity contribution in [1.82, 2.24) is 15.2 Å². The van der Waals surface area contributed by atoms with Crippen molar-refractivity contribution in [2.24, 2.45) is 0 Å². The summed E-state index contributed by atoms with van der Waals surface area (Å²) in [4.78, 5) is 41.5. The summed E-state index contributed by atoms with van der Waals surface area (Å²) in [5, 5.41) is 5.91. The van der Waals surface area contributed by atoms with Gasteiger partial charge in [0.15, 0.2) is 5.78 Å². The molecule has 3 amide bonds. The number of para-hydroxylation sites is 1.